The number of sulfone groups is 1. The second kappa shape index (κ2) is 3.29. The molecule has 0 aliphatic carbocycles. The van der Waals surface area contributed by atoms with Gasteiger partial charge < -0.3 is 0 Å². The van der Waals surface area contributed by atoms with Crippen molar-refractivity contribution in [3.63, 3.8) is 0 Å². The van der Waals surface area contributed by atoms with Crippen molar-refractivity contribution in [2.45, 2.75) is 19.0 Å². The van der Waals surface area contributed by atoms with Gasteiger partial charge in [-0.3, -0.25) is 9.78 Å². The molecule has 1 aromatic rings. The first-order chi connectivity index (χ1) is 5.97. The van der Waals surface area contributed by atoms with E-state index in [4.69, 9.17) is 0 Å². The van der Waals surface area contributed by atoms with Crippen molar-refractivity contribution in [1.82, 2.24) is 9.97 Å². The summed E-state index contributed by atoms with van der Waals surface area (Å²) in [6, 6.07) is 0. The number of hydrogen-bond acceptors (Lipinski definition) is 4. The van der Waals surface area contributed by atoms with E-state index in [1.807, 2.05) is 0 Å². The van der Waals surface area contributed by atoms with E-state index in [0.717, 1.165) is 0 Å². The molecule has 13 heavy (non-hydrogen) atoms. The lowest BCUT2D eigenvalue weighted by Crippen LogP contribution is -2.18. The van der Waals surface area contributed by atoms with Gasteiger partial charge in [0, 0.05) is 11.8 Å². The SMILES string of the molecule is CCS(=O)(=O)c1ncc(C)c(=O)[nH]1. The maximum Gasteiger partial charge on any atom is 0.254 e. The normalized spacial score (nSPS) is 11.5. The highest BCUT2D eigenvalue weighted by Crippen LogP contribution is 2.00. The summed E-state index contributed by atoms with van der Waals surface area (Å²) in [4.78, 5) is 16.9. The highest BCUT2D eigenvalue weighted by Gasteiger charge is 2.14. The van der Waals surface area contributed by atoms with E-state index < -0.39 is 15.4 Å². The standard InChI is InChI=1S/C7H10N2O3S/c1-3-13(11,12)7-8-4-5(2)6(10)9-7/h4H,3H2,1-2H3,(H,8,9,10). The minimum absolute atomic E-state index is 0.0704. The molecule has 1 heterocycles. The molecular weight excluding hydrogens is 192 g/mol. The predicted octanol–water partition coefficient (Wildman–Crippen LogP) is -0.128. The third-order valence-corrected chi connectivity index (χ3v) is 3.19. The molecule has 0 spiro atoms. The molecule has 0 amide bonds. The van der Waals surface area contributed by atoms with Gasteiger partial charge in [0.15, 0.2) is 0 Å². The topological polar surface area (TPSA) is 79.9 Å². The summed E-state index contributed by atoms with van der Waals surface area (Å²) >= 11 is 0. The fourth-order valence-electron chi connectivity index (χ4n) is 0.737. The van der Waals surface area contributed by atoms with Crippen LogP contribution in [0.2, 0.25) is 0 Å². The van der Waals surface area contributed by atoms with Gasteiger partial charge in [0.05, 0.1) is 5.75 Å². The smallest absolute Gasteiger partial charge is 0.254 e. The number of aromatic nitrogens is 2. The van der Waals surface area contributed by atoms with E-state index in [-0.39, 0.29) is 10.9 Å². The first-order valence-corrected chi connectivity index (χ1v) is 5.41. The zero-order valence-electron chi connectivity index (χ0n) is 7.36. The molecule has 0 fully saturated rings. The quantitative estimate of drug-likeness (QED) is 0.677. The summed E-state index contributed by atoms with van der Waals surface area (Å²) in [6.45, 7) is 3.06. The van der Waals surface area contributed by atoms with Crippen LogP contribution >= 0.6 is 0 Å². The lowest BCUT2D eigenvalue weighted by molar-refractivity contribution is 0.587. The Labute approximate surface area is 75.8 Å². The van der Waals surface area contributed by atoms with Crippen LogP contribution in [0.4, 0.5) is 0 Å². The predicted molar refractivity (Wildman–Crippen MR) is 47.3 cm³/mol. The van der Waals surface area contributed by atoms with Crippen molar-refractivity contribution in [3.05, 3.63) is 22.1 Å². The van der Waals surface area contributed by atoms with E-state index in [2.05, 4.69) is 9.97 Å². The van der Waals surface area contributed by atoms with E-state index >= 15 is 0 Å². The molecule has 72 valence electrons. The first-order valence-electron chi connectivity index (χ1n) is 3.76. The second-order valence-corrected chi connectivity index (χ2v) is 4.80. The molecule has 0 bridgehead atoms. The molecule has 0 atom stereocenters. The van der Waals surface area contributed by atoms with Gasteiger partial charge in [-0.2, -0.15) is 0 Å². The Morgan fingerprint density at radius 3 is 2.62 bits per heavy atom. The number of aryl methyl sites for hydroxylation is 1. The van der Waals surface area contributed by atoms with Crippen LogP contribution in [0.1, 0.15) is 12.5 Å². The number of nitrogens with zero attached hydrogens (tertiary/aromatic N) is 1. The van der Waals surface area contributed by atoms with Crippen molar-refractivity contribution in [2.75, 3.05) is 5.75 Å². The molecule has 0 aromatic carbocycles. The maximum absolute atomic E-state index is 11.2. The minimum atomic E-state index is -3.40. The summed E-state index contributed by atoms with van der Waals surface area (Å²) in [5, 5.41) is -0.259. The Kier molecular flexibility index (Phi) is 2.51. The van der Waals surface area contributed by atoms with Gasteiger partial charge in [-0.25, -0.2) is 13.4 Å². The molecule has 0 saturated carbocycles. The third kappa shape index (κ3) is 1.95. The van der Waals surface area contributed by atoms with Crippen molar-refractivity contribution in [1.29, 1.82) is 0 Å². The molecular formula is C7H10N2O3S. The van der Waals surface area contributed by atoms with Crippen molar-refractivity contribution in [3.8, 4) is 0 Å². The summed E-state index contributed by atoms with van der Waals surface area (Å²) < 4.78 is 22.5. The molecule has 1 rings (SSSR count). The molecule has 0 aliphatic rings. The summed E-state index contributed by atoms with van der Waals surface area (Å²) in [6.07, 6.45) is 1.25. The molecule has 1 aromatic heterocycles. The van der Waals surface area contributed by atoms with Crippen molar-refractivity contribution < 1.29 is 8.42 Å². The molecule has 0 aliphatic heterocycles. The van der Waals surface area contributed by atoms with Crippen molar-refractivity contribution >= 4 is 9.84 Å². The monoisotopic (exact) mass is 202 g/mol. The number of hydrogen-bond donors (Lipinski definition) is 1. The number of nitrogens with one attached hydrogen (secondary N) is 1. The summed E-state index contributed by atoms with van der Waals surface area (Å²) in [5.41, 5.74) is -0.0166. The summed E-state index contributed by atoms with van der Waals surface area (Å²) in [7, 11) is -3.40. The van der Waals surface area contributed by atoms with Crippen LogP contribution in [-0.4, -0.2) is 24.1 Å². The molecule has 6 heteroatoms. The van der Waals surface area contributed by atoms with Crippen LogP contribution < -0.4 is 5.56 Å². The number of aromatic amines is 1. The zero-order chi connectivity index (χ0) is 10.1. The Balaban J connectivity index is 3.36. The molecule has 1 N–H and O–H groups in total. The second-order valence-electron chi connectivity index (χ2n) is 2.60. The molecule has 5 nitrogen and oxygen atoms in total. The fraction of sp³-hybridized carbons (Fsp3) is 0.429. The highest BCUT2D eigenvalue weighted by atomic mass is 32.2. The number of H-pyrrole nitrogens is 1. The molecule has 0 saturated heterocycles. The van der Waals surface area contributed by atoms with Crippen LogP contribution in [-0.2, 0) is 9.84 Å². The highest BCUT2D eigenvalue weighted by molar-refractivity contribution is 7.91. The zero-order valence-corrected chi connectivity index (χ0v) is 8.18. The maximum atomic E-state index is 11.2. The average molecular weight is 202 g/mol. The van der Waals surface area contributed by atoms with Gasteiger partial charge in [-0.15, -0.1) is 0 Å². The van der Waals surface area contributed by atoms with Gasteiger partial charge in [0.2, 0.25) is 15.0 Å². The van der Waals surface area contributed by atoms with E-state index in [9.17, 15) is 13.2 Å². The third-order valence-electron chi connectivity index (χ3n) is 1.63. The summed E-state index contributed by atoms with van der Waals surface area (Å²) in [5.74, 6) is -0.0704. The Hall–Kier alpha value is -1.17. The lowest BCUT2D eigenvalue weighted by atomic mass is 10.4. The Morgan fingerprint density at radius 1 is 1.54 bits per heavy atom. The van der Waals surface area contributed by atoms with Gasteiger partial charge in [0.1, 0.15) is 0 Å². The van der Waals surface area contributed by atoms with Crippen LogP contribution in [0.3, 0.4) is 0 Å². The molecule has 0 radical (unpaired) electrons. The molecule has 0 unspecified atom stereocenters. The van der Waals surface area contributed by atoms with E-state index in [1.165, 1.54) is 13.1 Å². The van der Waals surface area contributed by atoms with Crippen LogP contribution in [0, 0.1) is 6.92 Å². The minimum Gasteiger partial charge on any atom is -0.297 e. The largest absolute Gasteiger partial charge is 0.297 e. The van der Waals surface area contributed by atoms with Crippen LogP contribution in [0.25, 0.3) is 0 Å². The van der Waals surface area contributed by atoms with Gasteiger partial charge in [-0.05, 0) is 6.92 Å². The van der Waals surface area contributed by atoms with Crippen molar-refractivity contribution in [2.24, 2.45) is 0 Å². The van der Waals surface area contributed by atoms with Gasteiger partial charge in [0.25, 0.3) is 5.56 Å². The van der Waals surface area contributed by atoms with E-state index in [1.54, 1.807) is 6.92 Å². The van der Waals surface area contributed by atoms with Gasteiger partial charge in [-0.1, -0.05) is 6.92 Å². The fourth-order valence-corrected chi connectivity index (χ4v) is 1.47. The first kappa shape index (κ1) is 9.91. The van der Waals surface area contributed by atoms with E-state index in [0.29, 0.717) is 5.56 Å². The lowest BCUT2D eigenvalue weighted by Gasteiger charge is -1.99. The number of rotatable bonds is 2. The Morgan fingerprint density at radius 2 is 2.15 bits per heavy atom. The van der Waals surface area contributed by atoms with Crippen LogP contribution in [0.15, 0.2) is 16.1 Å². The van der Waals surface area contributed by atoms with Gasteiger partial charge >= 0.3 is 0 Å². The Bertz CT molecular complexity index is 461. The van der Waals surface area contributed by atoms with Crippen LogP contribution in [0.5, 0.6) is 0 Å². The average Bonchev–Trinajstić information content (AvgIpc) is 2.09.